The second-order valence-electron chi connectivity index (χ2n) is 5.41. The molecule has 2 aromatic heterocycles. The molecule has 1 amide bonds. The first-order valence-corrected chi connectivity index (χ1v) is 8.32. The average Bonchev–Trinajstić information content (AvgIpc) is 3.21. The molecule has 0 fully saturated rings. The van der Waals surface area contributed by atoms with Crippen molar-refractivity contribution in [3.63, 3.8) is 0 Å². The lowest BCUT2D eigenvalue weighted by atomic mass is 10.1. The Morgan fingerprint density at radius 1 is 1.30 bits per heavy atom. The summed E-state index contributed by atoms with van der Waals surface area (Å²) in [5.41, 5.74) is 2.80. The van der Waals surface area contributed by atoms with Crippen molar-refractivity contribution in [3.05, 3.63) is 63.9 Å². The molecule has 23 heavy (non-hydrogen) atoms. The highest BCUT2D eigenvalue weighted by atomic mass is 35.5. The van der Waals surface area contributed by atoms with Crippen molar-refractivity contribution in [1.29, 1.82) is 0 Å². The summed E-state index contributed by atoms with van der Waals surface area (Å²) in [6, 6.07) is 10.3. The molecule has 1 aromatic carbocycles. The third-order valence-corrected chi connectivity index (χ3v) is 5.14. The quantitative estimate of drug-likeness (QED) is 0.725. The first-order chi connectivity index (χ1) is 11.1. The van der Waals surface area contributed by atoms with Crippen LogP contribution in [0.15, 0.2) is 42.5 Å². The molecule has 0 bridgehead atoms. The maximum atomic E-state index is 13.9. The number of hydrogen-bond donors (Lipinski definition) is 1. The Labute approximate surface area is 141 Å². The molecule has 0 spiro atoms. The summed E-state index contributed by atoms with van der Waals surface area (Å²) in [5, 5.41) is 0. The third-order valence-electron chi connectivity index (χ3n) is 3.93. The standard InChI is InChI=1S/C17H12ClFN2OS/c18-16-8-13-15(23-16)7-14(20-13)17(22)21-6-5-10(9-21)11-3-1-2-4-12(11)19/h1-5,7-8,20H,6,9H2. The molecular formula is C17H12ClFN2OS. The number of carbonyl (C=O) groups is 1. The van der Waals surface area contributed by atoms with Gasteiger partial charge in [0.25, 0.3) is 5.91 Å². The van der Waals surface area contributed by atoms with Gasteiger partial charge in [0, 0.05) is 18.7 Å². The fourth-order valence-corrected chi connectivity index (χ4v) is 3.95. The lowest BCUT2D eigenvalue weighted by Crippen LogP contribution is -2.29. The maximum absolute atomic E-state index is 13.9. The van der Waals surface area contributed by atoms with Gasteiger partial charge in [-0.2, -0.15) is 0 Å². The minimum absolute atomic E-state index is 0.0906. The number of aromatic amines is 1. The number of amides is 1. The van der Waals surface area contributed by atoms with Gasteiger partial charge in [-0.25, -0.2) is 4.39 Å². The zero-order valence-electron chi connectivity index (χ0n) is 12.0. The Kier molecular flexibility index (Phi) is 3.47. The van der Waals surface area contributed by atoms with Crippen LogP contribution in [0.5, 0.6) is 0 Å². The number of nitrogens with zero attached hydrogens (tertiary/aromatic N) is 1. The fraction of sp³-hybridized carbons (Fsp3) is 0.118. The largest absolute Gasteiger partial charge is 0.350 e. The highest BCUT2D eigenvalue weighted by Crippen LogP contribution is 2.31. The molecule has 1 N–H and O–H groups in total. The molecule has 3 aromatic rings. The van der Waals surface area contributed by atoms with Gasteiger partial charge in [-0.15, -0.1) is 11.3 Å². The van der Waals surface area contributed by atoms with Gasteiger partial charge < -0.3 is 9.88 Å². The number of carbonyl (C=O) groups excluding carboxylic acids is 1. The Morgan fingerprint density at radius 2 is 2.13 bits per heavy atom. The number of fused-ring (bicyclic) bond motifs is 1. The van der Waals surface area contributed by atoms with E-state index in [4.69, 9.17) is 11.6 Å². The highest BCUT2D eigenvalue weighted by Gasteiger charge is 2.24. The summed E-state index contributed by atoms with van der Waals surface area (Å²) in [6.45, 7) is 0.892. The molecule has 0 unspecified atom stereocenters. The number of thiophene rings is 1. The van der Waals surface area contributed by atoms with Crippen LogP contribution in [0, 0.1) is 5.82 Å². The molecule has 6 heteroatoms. The Bertz CT molecular complexity index is 912. The van der Waals surface area contributed by atoms with Crippen LogP contribution in [0.3, 0.4) is 0 Å². The van der Waals surface area contributed by atoms with Gasteiger partial charge in [-0.1, -0.05) is 35.9 Å². The van der Waals surface area contributed by atoms with E-state index >= 15 is 0 Å². The van der Waals surface area contributed by atoms with Crippen molar-refractivity contribution in [2.45, 2.75) is 0 Å². The van der Waals surface area contributed by atoms with Crippen molar-refractivity contribution < 1.29 is 9.18 Å². The van der Waals surface area contributed by atoms with Crippen molar-refractivity contribution in [2.24, 2.45) is 0 Å². The van der Waals surface area contributed by atoms with Crippen LogP contribution in [-0.2, 0) is 0 Å². The van der Waals surface area contributed by atoms with Crippen LogP contribution in [0.4, 0.5) is 4.39 Å². The predicted octanol–water partition coefficient (Wildman–Crippen LogP) is 4.56. The number of hydrogen-bond acceptors (Lipinski definition) is 2. The molecule has 1 aliphatic rings. The van der Waals surface area contributed by atoms with E-state index in [1.54, 1.807) is 23.1 Å². The van der Waals surface area contributed by atoms with Gasteiger partial charge in [0.1, 0.15) is 11.5 Å². The van der Waals surface area contributed by atoms with E-state index in [9.17, 15) is 9.18 Å². The van der Waals surface area contributed by atoms with Crippen LogP contribution >= 0.6 is 22.9 Å². The van der Waals surface area contributed by atoms with Gasteiger partial charge in [-0.3, -0.25) is 4.79 Å². The summed E-state index contributed by atoms with van der Waals surface area (Å²) in [5.74, 6) is -0.352. The van der Waals surface area contributed by atoms with Crippen LogP contribution in [0.2, 0.25) is 4.34 Å². The van der Waals surface area contributed by atoms with Gasteiger partial charge >= 0.3 is 0 Å². The number of aromatic nitrogens is 1. The van der Waals surface area contributed by atoms with E-state index in [2.05, 4.69) is 4.98 Å². The molecule has 3 nitrogen and oxygen atoms in total. The second kappa shape index (κ2) is 5.51. The van der Waals surface area contributed by atoms with Crippen LogP contribution < -0.4 is 0 Å². The number of nitrogens with one attached hydrogen (secondary N) is 1. The normalized spacial score (nSPS) is 14.5. The molecule has 116 valence electrons. The predicted molar refractivity (Wildman–Crippen MR) is 91.5 cm³/mol. The van der Waals surface area contributed by atoms with E-state index in [0.717, 1.165) is 15.8 Å². The number of benzene rings is 1. The smallest absolute Gasteiger partial charge is 0.270 e. The fourth-order valence-electron chi connectivity index (χ4n) is 2.80. The molecule has 0 aliphatic carbocycles. The molecule has 0 radical (unpaired) electrons. The molecule has 0 atom stereocenters. The van der Waals surface area contributed by atoms with Gasteiger partial charge in [0.2, 0.25) is 0 Å². The Morgan fingerprint density at radius 3 is 2.91 bits per heavy atom. The summed E-state index contributed by atoms with van der Waals surface area (Å²) in [4.78, 5) is 17.4. The van der Waals surface area contributed by atoms with Gasteiger partial charge in [0.15, 0.2) is 0 Å². The van der Waals surface area contributed by atoms with Crippen LogP contribution in [-0.4, -0.2) is 28.9 Å². The second-order valence-corrected chi connectivity index (χ2v) is 7.12. The van der Waals surface area contributed by atoms with Crippen LogP contribution in [0.25, 0.3) is 15.8 Å². The zero-order valence-corrected chi connectivity index (χ0v) is 13.5. The van der Waals surface area contributed by atoms with Crippen LogP contribution in [0.1, 0.15) is 16.1 Å². The van der Waals surface area contributed by atoms with E-state index < -0.39 is 0 Å². The van der Waals surface area contributed by atoms with Gasteiger partial charge in [0.05, 0.1) is 14.6 Å². The maximum Gasteiger partial charge on any atom is 0.270 e. The number of halogens is 2. The summed E-state index contributed by atoms with van der Waals surface area (Å²) in [7, 11) is 0. The molecule has 1 aliphatic heterocycles. The lowest BCUT2D eigenvalue weighted by Gasteiger charge is -2.15. The molecular weight excluding hydrogens is 335 g/mol. The number of H-pyrrole nitrogens is 1. The topological polar surface area (TPSA) is 36.1 Å². The number of rotatable bonds is 2. The average molecular weight is 347 g/mol. The highest BCUT2D eigenvalue weighted by molar-refractivity contribution is 7.22. The first kappa shape index (κ1) is 14.5. The zero-order chi connectivity index (χ0) is 16.0. The summed E-state index contributed by atoms with van der Waals surface area (Å²) < 4.78 is 15.5. The van der Waals surface area contributed by atoms with E-state index in [1.165, 1.54) is 17.4 Å². The molecule has 0 saturated carbocycles. The lowest BCUT2D eigenvalue weighted by molar-refractivity contribution is 0.0796. The van der Waals surface area contributed by atoms with Gasteiger partial charge in [-0.05, 0) is 23.8 Å². The molecule has 4 rings (SSSR count). The first-order valence-electron chi connectivity index (χ1n) is 7.13. The molecule has 0 saturated heterocycles. The monoisotopic (exact) mass is 346 g/mol. The third kappa shape index (κ3) is 2.56. The van der Waals surface area contributed by atoms with Crippen molar-refractivity contribution in [3.8, 4) is 0 Å². The van der Waals surface area contributed by atoms with Crippen molar-refractivity contribution in [1.82, 2.24) is 9.88 Å². The Hall–Kier alpha value is -2.11. The minimum Gasteiger partial charge on any atom is -0.350 e. The minimum atomic E-state index is -0.261. The SMILES string of the molecule is O=C(c1cc2sc(Cl)cc2[nH]1)N1CC=C(c2ccccc2F)C1. The van der Waals surface area contributed by atoms with Crippen molar-refractivity contribution in [2.75, 3.05) is 13.1 Å². The van der Waals surface area contributed by atoms with E-state index in [0.29, 0.717) is 28.7 Å². The molecule has 3 heterocycles. The van der Waals surface area contributed by atoms with E-state index in [-0.39, 0.29) is 11.7 Å². The summed E-state index contributed by atoms with van der Waals surface area (Å²) in [6.07, 6.45) is 1.90. The van der Waals surface area contributed by atoms with Crippen molar-refractivity contribution >= 4 is 44.6 Å². The Balaban J connectivity index is 1.55. The van der Waals surface area contributed by atoms with E-state index in [1.807, 2.05) is 18.2 Å². The summed E-state index contributed by atoms with van der Waals surface area (Å²) >= 11 is 7.38.